The van der Waals surface area contributed by atoms with Crippen molar-refractivity contribution in [2.24, 2.45) is 7.05 Å². The Morgan fingerprint density at radius 2 is 2.06 bits per heavy atom. The van der Waals surface area contributed by atoms with Gasteiger partial charge in [0.15, 0.2) is 0 Å². The Bertz CT molecular complexity index is 502. The summed E-state index contributed by atoms with van der Waals surface area (Å²) in [6.07, 6.45) is 1.62. The summed E-state index contributed by atoms with van der Waals surface area (Å²) in [6.45, 7) is 2.80. The van der Waals surface area contributed by atoms with E-state index in [2.05, 4.69) is 10.4 Å². The molecular formula is C13H15ClFN3. The van der Waals surface area contributed by atoms with Crippen LogP contribution < -0.4 is 5.32 Å². The smallest absolute Gasteiger partial charge is 0.123 e. The van der Waals surface area contributed by atoms with E-state index in [4.69, 9.17) is 11.6 Å². The average Bonchev–Trinajstić information content (AvgIpc) is 2.68. The average molecular weight is 268 g/mol. The number of rotatable bonds is 4. The number of hydrogen-bond acceptors (Lipinski definition) is 2. The number of hydrogen-bond donors (Lipinski definition) is 1. The van der Waals surface area contributed by atoms with Gasteiger partial charge in [0, 0.05) is 7.05 Å². The van der Waals surface area contributed by atoms with Crippen LogP contribution in [0.4, 0.5) is 4.39 Å². The minimum Gasteiger partial charge on any atom is -0.305 e. The van der Waals surface area contributed by atoms with Crippen molar-refractivity contribution >= 4 is 11.6 Å². The second kappa shape index (κ2) is 5.50. The molecule has 1 N–H and O–H groups in total. The number of aromatic nitrogens is 2. The van der Waals surface area contributed by atoms with E-state index < -0.39 is 0 Å². The van der Waals surface area contributed by atoms with Gasteiger partial charge >= 0.3 is 0 Å². The molecule has 1 aromatic carbocycles. The molecule has 1 heterocycles. The molecule has 0 amide bonds. The zero-order valence-corrected chi connectivity index (χ0v) is 11.1. The maximum atomic E-state index is 13.0. The third-order valence-corrected chi connectivity index (χ3v) is 3.11. The van der Waals surface area contributed by atoms with Crippen molar-refractivity contribution in [3.63, 3.8) is 0 Å². The van der Waals surface area contributed by atoms with Gasteiger partial charge in [-0.2, -0.15) is 5.10 Å². The number of aryl methyl sites for hydroxylation is 1. The van der Waals surface area contributed by atoms with Crippen LogP contribution in [0.15, 0.2) is 30.5 Å². The van der Waals surface area contributed by atoms with Crippen molar-refractivity contribution in [3.05, 3.63) is 52.6 Å². The Hall–Kier alpha value is -1.39. The quantitative estimate of drug-likeness (QED) is 0.923. The summed E-state index contributed by atoms with van der Waals surface area (Å²) in [4.78, 5) is 0. The standard InChI is InChI=1S/C13H15ClFN3/c1-3-16-12(9-4-6-10(15)7-5-9)13-11(14)8-17-18(13)2/h4-8,12,16H,3H2,1-2H3. The Kier molecular flexibility index (Phi) is 3.99. The van der Waals surface area contributed by atoms with Gasteiger partial charge in [-0.15, -0.1) is 0 Å². The summed E-state index contributed by atoms with van der Waals surface area (Å²) in [5.41, 5.74) is 1.84. The van der Waals surface area contributed by atoms with Gasteiger partial charge in [-0.25, -0.2) is 4.39 Å². The number of benzene rings is 1. The highest BCUT2D eigenvalue weighted by atomic mass is 35.5. The lowest BCUT2D eigenvalue weighted by molar-refractivity contribution is 0.570. The van der Waals surface area contributed by atoms with E-state index in [0.717, 1.165) is 17.8 Å². The second-order valence-electron chi connectivity index (χ2n) is 4.04. The Labute approximate surface area is 111 Å². The molecule has 0 radical (unpaired) electrons. The van der Waals surface area contributed by atoms with Crippen LogP contribution in [0.25, 0.3) is 0 Å². The molecule has 0 aliphatic heterocycles. The van der Waals surface area contributed by atoms with Crippen LogP contribution in [-0.4, -0.2) is 16.3 Å². The molecule has 1 atom stereocenters. The van der Waals surface area contributed by atoms with Crippen molar-refractivity contribution in [1.29, 1.82) is 0 Å². The molecule has 96 valence electrons. The highest BCUT2D eigenvalue weighted by Crippen LogP contribution is 2.27. The van der Waals surface area contributed by atoms with Gasteiger partial charge < -0.3 is 5.32 Å². The highest BCUT2D eigenvalue weighted by Gasteiger charge is 2.20. The van der Waals surface area contributed by atoms with Gasteiger partial charge in [0.25, 0.3) is 0 Å². The van der Waals surface area contributed by atoms with Crippen LogP contribution in [-0.2, 0) is 7.05 Å². The lowest BCUT2D eigenvalue weighted by Crippen LogP contribution is -2.24. The van der Waals surface area contributed by atoms with E-state index in [1.807, 2.05) is 14.0 Å². The van der Waals surface area contributed by atoms with Crippen LogP contribution in [0.3, 0.4) is 0 Å². The maximum absolute atomic E-state index is 13.0. The molecule has 0 saturated carbocycles. The fraction of sp³-hybridized carbons (Fsp3) is 0.308. The van der Waals surface area contributed by atoms with Crippen LogP contribution in [0.1, 0.15) is 24.2 Å². The summed E-state index contributed by atoms with van der Waals surface area (Å²) in [6, 6.07) is 6.32. The van der Waals surface area contributed by atoms with Crippen LogP contribution >= 0.6 is 11.6 Å². The minimum atomic E-state index is -0.245. The van der Waals surface area contributed by atoms with E-state index >= 15 is 0 Å². The molecule has 2 aromatic rings. The summed E-state index contributed by atoms with van der Waals surface area (Å²) in [5, 5.41) is 8.07. The molecule has 3 nitrogen and oxygen atoms in total. The summed E-state index contributed by atoms with van der Waals surface area (Å²) < 4.78 is 14.7. The molecular weight excluding hydrogens is 253 g/mol. The maximum Gasteiger partial charge on any atom is 0.123 e. The van der Waals surface area contributed by atoms with Gasteiger partial charge in [-0.05, 0) is 24.2 Å². The molecule has 18 heavy (non-hydrogen) atoms. The van der Waals surface area contributed by atoms with Crippen molar-refractivity contribution in [3.8, 4) is 0 Å². The van der Waals surface area contributed by atoms with Crippen molar-refractivity contribution in [2.75, 3.05) is 6.54 Å². The molecule has 5 heteroatoms. The monoisotopic (exact) mass is 267 g/mol. The Morgan fingerprint density at radius 1 is 1.39 bits per heavy atom. The second-order valence-corrected chi connectivity index (χ2v) is 4.45. The van der Waals surface area contributed by atoms with Crippen molar-refractivity contribution in [2.45, 2.75) is 13.0 Å². The first kappa shape index (κ1) is 13.1. The lowest BCUT2D eigenvalue weighted by atomic mass is 10.0. The zero-order valence-electron chi connectivity index (χ0n) is 10.3. The van der Waals surface area contributed by atoms with E-state index in [9.17, 15) is 4.39 Å². The van der Waals surface area contributed by atoms with Gasteiger partial charge in [0.2, 0.25) is 0 Å². The largest absolute Gasteiger partial charge is 0.305 e. The third-order valence-electron chi connectivity index (χ3n) is 2.82. The zero-order chi connectivity index (χ0) is 13.1. The predicted octanol–water partition coefficient (Wildman–Crippen LogP) is 2.91. The molecule has 1 aromatic heterocycles. The molecule has 0 aliphatic carbocycles. The Morgan fingerprint density at radius 3 is 2.56 bits per heavy atom. The van der Waals surface area contributed by atoms with E-state index in [1.165, 1.54) is 12.1 Å². The molecule has 0 bridgehead atoms. The molecule has 1 unspecified atom stereocenters. The normalized spacial score (nSPS) is 12.7. The van der Waals surface area contributed by atoms with E-state index in [-0.39, 0.29) is 11.9 Å². The predicted molar refractivity (Wildman–Crippen MR) is 70.1 cm³/mol. The van der Waals surface area contributed by atoms with Gasteiger partial charge in [-0.1, -0.05) is 30.7 Å². The van der Waals surface area contributed by atoms with Gasteiger partial charge in [0.1, 0.15) is 5.82 Å². The topological polar surface area (TPSA) is 29.9 Å². The summed E-state index contributed by atoms with van der Waals surface area (Å²) in [7, 11) is 1.84. The Balaban J connectivity index is 2.43. The number of nitrogens with one attached hydrogen (secondary N) is 1. The lowest BCUT2D eigenvalue weighted by Gasteiger charge is -2.19. The van der Waals surface area contributed by atoms with Gasteiger partial charge in [-0.3, -0.25) is 4.68 Å². The highest BCUT2D eigenvalue weighted by molar-refractivity contribution is 6.31. The van der Waals surface area contributed by atoms with E-state index in [0.29, 0.717) is 5.02 Å². The minimum absolute atomic E-state index is 0.0874. The first-order chi connectivity index (χ1) is 8.63. The molecule has 2 rings (SSSR count). The first-order valence-electron chi connectivity index (χ1n) is 5.79. The summed E-state index contributed by atoms with van der Waals surface area (Å²) in [5.74, 6) is -0.245. The number of halogens is 2. The fourth-order valence-corrected chi connectivity index (χ4v) is 2.25. The third kappa shape index (κ3) is 2.54. The molecule has 0 saturated heterocycles. The molecule has 0 aliphatic rings. The van der Waals surface area contributed by atoms with Crippen LogP contribution in [0.5, 0.6) is 0 Å². The molecule has 0 fully saturated rings. The van der Waals surface area contributed by atoms with Gasteiger partial charge in [0.05, 0.1) is 23.0 Å². The molecule has 0 spiro atoms. The number of nitrogens with zero attached hydrogens (tertiary/aromatic N) is 2. The van der Waals surface area contributed by atoms with Crippen molar-refractivity contribution < 1.29 is 4.39 Å². The van der Waals surface area contributed by atoms with Crippen LogP contribution in [0, 0.1) is 5.82 Å². The van der Waals surface area contributed by atoms with Crippen molar-refractivity contribution in [1.82, 2.24) is 15.1 Å². The van der Waals surface area contributed by atoms with Crippen LogP contribution in [0.2, 0.25) is 5.02 Å². The summed E-state index contributed by atoms with van der Waals surface area (Å²) >= 11 is 6.16. The van der Waals surface area contributed by atoms with E-state index in [1.54, 1.807) is 23.0 Å². The first-order valence-corrected chi connectivity index (χ1v) is 6.17. The fourth-order valence-electron chi connectivity index (χ4n) is 1.98. The SMILES string of the molecule is CCNC(c1ccc(F)cc1)c1c(Cl)cnn1C.